The van der Waals surface area contributed by atoms with Crippen molar-refractivity contribution in [2.75, 3.05) is 17.7 Å². The van der Waals surface area contributed by atoms with Crippen molar-refractivity contribution in [2.45, 2.75) is 0 Å². The second-order valence-electron chi connectivity index (χ2n) is 4.13. The van der Waals surface area contributed by atoms with E-state index in [1.165, 1.54) is 7.11 Å². The minimum atomic E-state index is -0.520. The Kier molecular flexibility index (Phi) is 4.79. The van der Waals surface area contributed by atoms with Crippen LogP contribution in [0.4, 0.5) is 16.2 Å². The summed E-state index contributed by atoms with van der Waals surface area (Å²) in [6, 6.07) is 12.9. The fourth-order valence-electron chi connectivity index (χ4n) is 1.73. The molecule has 21 heavy (non-hydrogen) atoms. The summed E-state index contributed by atoms with van der Waals surface area (Å²) in [6.07, 6.45) is 0. The van der Waals surface area contributed by atoms with Crippen LogP contribution in [0.5, 0.6) is 0 Å². The fraction of sp³-hybridized carbons (Fsp3) is 0.0667. The number of methoxy groups -OCH3 is 1. The highest BCUT2D eigenvalue weighted by molar-refractivity contribution is 6.30. The smallest absolute Gasteiger partial charge is 0.339 e. The Hall–Kier alpha value is -2.53. The normalized spacial score (nSPS) is 9.81. The molecule has 0 radical (unpaired) electrons. The molecule has 0 aliphatic heterocycles. The van der Waals surface area contributed by atoms with Gasteiger partial charge in [-0.1, -0.05) is 29.8 Å². The molecule has 0 bridgehead atoms. The summed E-state index contributed by atoms with van der Waals surface area (Å²) in [7, 11) is 1.28. The molecule has 2 rings (SSSR count). The molecule has 2 amide bonds. The van der Waals surface area contributed by atoms with E-state index in [4.69, 9.17) is 11.6 Å². The number of nitrogens with one attached hydrogen (secondary N) is 2. The van der Waals surface area contributed by atoms with Crippen molar-refractivity contribution < 1.29 is 14.3 Å². The summed E-state index contributed by atoms with van der Waals surface area (Å²) in [5.41, 5.74) is 1.20. The largest absolute Gasteiger partial charge is 0.465 e. The second-order valence-corrected chi connectivity index (χ2v) is 4.56. The number of hydrogen-bond donors (Lipinski definition) is 2. The molecule has 0 spiro atoms. The lowest BCUT2D eigenvalue weighted by Gasteiger charge is -2.10. The van der Waals surface area contributed by atoms with Crippen LogP contribution >= 0.6 is 11.6 Å². The zero-order valence-electron chi connectivity index (χ0n) is 11.2. The Morgan fingerprint density at radius 3 is 2.52 bits per heavy atom. The molecule has 5 nitrogen and oxygen atoms in total. The highest BCUT2D eigenvalue weighted by Crippen LogP contribution is 2.18. The number of amides is 2. The molecule has 0 aliphatic rings. The van der Waals surface area contributed by atoms with E-state index in [0.29, 0.717) is 16.4 Å². The zero-order chi connectivity index (χ0) is 15.2. The third-order valence-corrected chi connectivity index (χ3v) is 2.90. The zero-order valence-corrected chi connectivity index (χ0v) is 12.0. The summed E-state index contributed by atoms with van der Waals surface area (Å²) < 4.78 is 4.66. The number of hydrogen-bond acceptors (Lipinski definition) is 3. The summed E-state index contributed by atoms with van der Waals surface area (Å²) in [5, 5.41) is 5.74. The quantitative estimate of drug-likeness (QED) is 0.848. The van der Waals surface area contributed by atoms with Crippen LogP contribution in [0, 0.1) is 0 Å². The molecule has 0 aromatic heterocycles. The van der Waals surface area contributed by atoms with Gasteiger partial charge in [0.2, 0.25) is 0 Å². The standard InChI is InChI=1S/C15H13ClN2O3/c1-21-14(19)12-7-2-3-8-13(12)18-15(20)17-11-6-4-5-10(16)9-11/h2-9H,1H3,(H2,17,18,20). The summed E-state index contributed by atoms with van der Waals surface area (Å²) in [6.45, 7) is 0. The van der Waals surface area contributed by atoms with Crippen LogP contribution in [0.15, 0.2) is 48.5 Å². The maximum absolute atomic E-state index is 11.9. The molecule has 0 aliphatic carbocycles. The van der Waals surface area contributed by atoms with Gasteiger partial charge in [-0.05, 0) is 30.3 Å². The van der Waals surface area contributed by atoms with Crippen molar-refractivity contribution in [3.8, 4) is 0 Å². The second kappa shape index (κ2) is 6.76. The number of carbonyl (C=O) groups excluding carboxylic acids is 2. The van der Waals surface area contributed by atoms with E-state index < -0.39 is 12.0 Å². The number of esters is 1. The third-order valence-electron chi connectivity index (χ3n) is 2.66. The van der Waals surface area contributed by atoms with Gasteiger partial charge in [0.25, 0.3) is 0 Å². The van der Waals surface area contributed by atoms with E-state index in [1.54, 1.807) is 48.5 Å². The van der Waals surface area contributed by atoms with Gasteiger partial charge in [-0.3, -0.25) is 0 Å². The SMILES string of the molecule is COC(=O)c1ccccc1NC(=O)Nc1cccc(Cl)c1. The van der Waals surface area contributed by atoms with E-state index in [0.717, 1.165) is 0 Å². The van der Waals surface area contributed by atoms with Crippen LogP contribution in [-0.4, -0.2) is 19.1 Å². The predicted octanol–water partition coefficient (Wildman–Crippen LogP) is 3.77. The topological polar surface area (TPSA) is 67.4 Å². The van der Waals surface area contributed by atoms with Crippen molar-refractivity contribution in [2.24, 2.45) is 0 Å². The lowest BCUT2D eigenvalue weighted by molar-refractivity contribution is 0.0602. The minimum Gasteiger partial charge on any atom is -0.465 e. The number of rotatable bonds is 3. The van der Waals surface area contributed by atoms with Gasteiger partial charge in [0.1, 0.15) is 0 Å². The maximum atomic E-state index is 11.9. The first-order valence-electron chi connectivity index (χ1n) is 6.11. The average molecular weight is 305 g/mol. The summed E-state index contributed by atoms with van der Waals surface area (Å²) >= 11 is 5.84. The fourth-order valence-corrected chi connectivity index (χ4v) is 1.92. The van der Waals surface area contributed by atoms with Crippen molar-refractivity contribution in [1.82, 2.24) is 0 Å². The Morgan fingerprint density at radius 1 is 1.05 bits per heavy atom. The summed E-state index contributed by atoms with van der Waals surface area (Å²) in [5.74, 6) is -0.520. The van der Waals surface area contributed by atoms with E-state index in [2.05, 4.69) is 15.4 Å². The monoisotopic (exact) mass is 304 g/mol. The van der Waals surface area contributed by atoms with Gasteiger partial charge in [-0.2, -0.15) is 0 Å². The van der Waals surface area contributed by atoms with Gasteiger partial charge in [-0.15, -0.1) is 0 Å². The maximum Gasteiger partial charge on any atom is 0.339 e. The molecule has 0 heterocycles. The molecule has 0 fully saturated rings. The number of carbonyl (C=O) groups is 2. The van der Waals surface area contributed by atoms with Crippen molar-refractivity contribution in [1.29, 1.82) is 0 Å². The van der Waals surface area contributed by atoms with Crippen LogP contribution in [0.1, 0.15) is 10.4 Å². The Morgan fingerprint density at radius 2 is 1.81 bits per heavy atom. The number of urea groups is 1. The molecule has 6 heteroatoms. The minimum absolute atomic E-state index is 0.279. The Bertz CT molecular complexity index is 673. The first-order valence-corrected chi connectivity index (χ1v) is 6.49. The van der Waals surface area contributed by atoms with Gasteiger partial charge in [0.15, 0.2) is 0 Å². The van der Waals surface area contributed by atoms with E-state index in [-0.39, 0.29) is 5.56 Å². The van der Waals surface area contributed by atoms with Crippen molar-refractivity contribution in [3.63, 3.8) is 0 Å². The van der Waals surface area contributed by atoms with Crippen LogP contribution < -0.4 is 10.6 Å². The summed E-state index contributed by atoms with van der Waals surface area (Å²) in [4.78, 5) is 23.5. The van der Waals surface area contributed by atoms with Gasteiger partial charge < -0.3 is 15.4 Å². The highest BCUT2D eigenvalue weighted by atomic mass is 35.5. The molecule has 2 N–H and O–H groups in total. The van der Waals surface area contributed by atoms with Gasteiger partial charge in [-0.25, -0.2) is 9.59 Å². The Balaban J connectivity index is 2.11. The first-order chi connectivity index (χ1) is 10.1. The van der Waals surface area contributed by atoms with Crippen LogP contribution in [0.3, 0.4) is 0 Å². The molecular weight excluding hydrogens is 292 g/mol. The number of ether oxygens (including phenoxy) is 1. The van der Waals surface area contributed by atoms with Crippen molar-refractivity contribution in [3.05, 3.63) is 59.1 Å². The van der Waals surface area contributed by atoms with Crippen molar-refractivity contribution >= 4 is 35.0 Å². The molecule has 0 unspecified atom stereocenters. The van der Waals surface area contributed by atoms with E-state index >= 15 is 0 Å². The van der Waals surface area contributed by atoms with Gasteiger partial charge in [0.05, 0.1) is 18.4 Å². The Labute approximate surface area is 126 Å². The van der Waals surface area contributed by atoms with E-state index in [9.17, 15) is 9.59 Å². The molecule has 0 atom stereocenters. The van der Waals surface area contributed by atoms with E-state index in [1.807, 2.05) is 0 Å². The lowest BCUT2D eigenvalue weighted by Crippen LogP contribution is -2.21. The number of anilines is 2. The third kappa shape index (κ3) is 3.97. The first kappa shape index (κ1) is 14.9. The molecule has 0 saturated carbocycles. The number of halogens is 1. The molecule has 2 aromatic rings. The lowest BCUT2D eigenvalue weighted by atomic mass is 10.2. The van der Waals surface area contributed by atoms with Crippen LogP contribution in [0.25, 0.3) is 0 Å². The molecule has 0 saturated heterocycles. The predicted molar refractivity (Wildman–Crippen MR) is 81.9 cm³/mol. The van der Waals surface area contributed by atoms with Gasteiger partial charge in [0, 0.05) is 10.7 Å². The number of benzene rings is 2. The average Bonchev–Trinajstić information content (AvgIpc) is 2.47. The van der Waals surface area contributed by atoms with Crippen LogP contribution in [-0.2, 0) is 4.74 Å². The molecule has 2 aromatic carbocycles. The molecular formula is C15H13ClN2O3. The molecule has 108 valence electrons. The highest BCUT2D eigenvalue weighted by Gasteiger charge is 2.13. The van der Waals surface area contributed by atoms with Crippen LogP contribution in [0.2, 0.25) is 5.02 Å². The van der Waals surface area contributed by atoms with Gasteiger partial charge >= 0.3 is 12.0 Å². The number of para-hydroxylation sites is 1.